The lowest BCUT2D eigenvalue weighted by molar-refractivity contribution is -0.0469. The molecule has 3 unspecified atom stereocenters. The topological polar surface area (TPSA) is 35.9 Å². The van der Waals surface area contributed by atoms with E-state index in [0.717, 1.165) is 32.2 Å². The monoisotopic (exact) mass is 254 g/mol. The summed E-state index contributed by atoms with van der Waals surface area (Å²) >= 11 is 0. The van der Waals surface area contributed by atoms with Gasteiger partial charge in [-0.2, -0.15) is 0 Å². The standard InChI is InChI=1S/C14H26N2O2/c17-14-4-8-18-11-12(14)9-15-5-2-7-16-6-1-3-13(16)10-15/h12-14,17H,1-11H2. The minimum Gasteiger partial charge on any atom is -0.393 e. The van der Waals surface area contributed by atoms with Crippen LogP contribution in [-0.4, -0.2) is 73.0 Å². The van der Waals surface area contributed by atoms with Crippen molar-refractivity contribution in [1.29, 1.82) is 0 Å². The van der Waals surface area contributed by atoms with Crippen LogP contribution in [0.2, 0.25) is 0 Å². The molecular weight excluding hydrogens is 228 g/mol. The van der Waals surface area contributed by atoms with Crippen LogP contribution < -0.4 is 0 Å². The molecule has 18 heavy (non-hydrogen) atoms. The zero-order valence-corrected chi connectivity index (χ0v) is 11.3. The summed E-state index contributed by atoms with van der Waals surface area (Å²) in [6, 6.07) is 0.772. The van der Waals surface area contributed by atoms with Gasteiger partial charge in [-0.15, -0.1) is 0 Å². The molecule has 0 aromatic rings. The number of hydrogen-bond acceptors (Lipinski definition) is 4. The normalized spacial score (nSPS) is 39.5. The lowest BCUT2D eigenvalue weighted by Crippen LogP contribution is -2.44. The lowest BCUT2D eigenvalue weighted by atomic mass is 9.98. The number of aliphatic hydroxyl groups excluding tert-OH is 1. The molecule has 3 fully saturated rings. The van der Waals surface area contributed by atoms with Crippen molar-refractivity contribution in [2.75, 3.05) is 45.9 Å². The van der Waals surface area contributed by atoms with Crippen LogP contribution in [0.5, 0.6) is 0 Å². The maximum Gasteiger partial charge on any atom is 0.0624 e. The summed E-state index contributed by atoms with van der Waals surface area (Å²) in [5, 5.41) is 10.0. The Bertz CT molecular complexity index is 275. The van der Waals surface area contributed by atoms with Crippen LogP contribution in [-0.2, 0) is 4.74 Å². The van der Waals surface area contributed by atoms with E-state index in [0.29, 0.717) is 5.92 Å². The van der Waals surface area contributed by atoms with E-state index in [4.69, 9.17) is 4.74 Å². The van der Waals surface area contributed by atoms with Crippen LogP contribution in [0.3, 0.4) is 0 Å². The van der Waals surface area contributed by atoms with Gasteiger partial charge in [0.1, 0.15) is 0 Å². The van der Waals surface area contributed by atoms with Crippen LogP contribution in [0, 0.1) is 5.92 Å². The fourth-order valence-electron chi connectivity index (χ4n) is 3.74. The van der Waals surface area contributed by atoms with Gasteiger partial charge in [-0.3, -0.25) is 4.90 Å². The van der Waals surface area contributed by atoms with Crippen molar-refractivity contribution in [1.82, 2.24) is 9.80 Å². The van der Waals surface area contributed by atoms with Gasteiger partial charge in [0.25, 0.3) is 0 Å². The molecule has 0 aliphatic carbocycles. The van der Waals surface area contributed by atoms with Crippen LogP contribution in [0.1, 0.15) is 25.7 Å². The van der Waals surface area contributed by atoms with Crippen molar-refractivity contribution in [3.63, 3.8) is 0 Å². The Balaban J connectivity index is 1.55. The highest BCUT2D eigenvalue weighted by atomic mass is 16.5. The zero-order chi connectivity index (χ0) is 12.4. The highest BCUT2D eigenvalue weighted by Crippen LogP contribution is 2.23. The first-order chi connectivity index (χ1) is 8.83. The lowest BCUT2D eigenvalue weighted by Gasteiger charge is -2.33. The van der Waals surface area contributed by atoms with Gasteiger partial charge in [0, 0.05) is 31.7 Å². The molecule has 4 heteroatoms. The van der Waals surface area contributed by atoms with Crippen molar-refractivity contribution in [2.45, 2.75) is 37.8 Å². The molecule has 3 rings (SSSR count). The van der Waals surface area contributed by atoms with Crippen molar-refractivity contribution in [3.8, 4) is 0 Å². The second kappa shape index (κ2) is 5.87. The van der Waals surface area contributed by atoms with Gasteiger partial charge in [-0.05, 0) is 45.3 Å². The summed E-state index contributed by atoms with van der Waals surface area (Å²) in [5.41, 5.74) is 0. The van der Waals surface area contributed by atoms with E-state index in [2.05, 4.69) is 9.80 Å². The molecular formula is C14H26N2O2. The molecule has 0 spiro atoms. The second-order valence-corrected chi connectivity index (χ2v) is 6.14. The number of aliphatic hydroxyl groups is 1. The van der Waals surface area contributed by atoms with Crippen molar-refractivity contribution in [3.05, 3.63) is 0 Å². The highest BCUT2D eigenvalue weighted by molar-refractivity contribution is 4.86. The Morgan fingerprint density at radius 1 is 1.11 bits per heavy atom. The Hall–Kier alpha value is -0.160. The van der Waals surface area contributed by atoms with E-state index in [1.807, 2.05) is 0 Å². The first-order valence-electron chi connectivity index (χ1n) is 7.55. The predicted octanol–water partition coefficient (Wildman–Crippen LogP) is 0.554. The van der Waals surface area contributed by atoms with Gasteiger partial charge >= 0.3 is 0 Å². The average Bonchev–Trinajstić information content (AvgIpc) is 2.71. The Morgan fingerprint density at radius 2 is 2.00 bits per heavy atom. The summed E-state index contributed by atoms with van der Waals surface area (Å²) in [7, 11) is 0. The molecule has 0 aromatic heterocycles. The van der Waals surface area contributed by atoms with E-state index in [9.17, 15) is 5.11 Å². The number of nitrogens with zero attached hydrogens (tertiary/aromatic N) is 2. The number of ether oxygens (including phenoxy) is 1. The maximum atomic E-state index is 10.0. The van der Waals surface area contributed by atoms with Crippen molar-refractivity contribution in [2.24, 2.45) is 5.92 Å². The van der Waals surface area contributed by atoms with Gasteiger partial charge in [0.15, 0.2) is 0 Å². The Morgan fingerprint density at radius 3 is 2.89 bits per heavy atom. The van der Waals surface area contributed by atoms with Gasteiger partial charge in [-0.25, -0.2) is 0 Å². The molecule has 1 N–H and O–H groups in total. The molecule has 4 nitrogen and oxygen atoms in total. The molecule has 0 amide bonds. The first kappa shape index (κ1) is 12.9. The second-order valence-electron chi connectivity index (χ2n) is 6.14. The van der Waals surface area contributed by atoms with Crippen LogP contribution in [0.15, 0.2) is 0 Å². The molecule has 3 heterocycles. The minimum absolute atomic E-state index is 0.151. The van der Waals surface area contributed by atoms with Crippen molar-refractivity contribution >= 4 is 0 Å². The van der Waals surface area contributed by atoms with Gasteiger partial charge in [-0.1, -0.05) is 0 Å². The summed E-state index contributed by atoms with van der Waals surface area (Å²) in [6.07, 6.45) is 4.67. The summed E-state index contributed by atoms with van der Waals surface area (Å²) in [5.74, 6) is 0.326. The van der Waals surface area contributed by atoms with E-state index < -0.39 is 0 Å². The van der Waals surface area contributed by atoms with E-state index in [1.54, 1.807) is 0 Å². The van der Waals surface area contributed by atoms with Crippen LogP contribution in [0.4, 0.5) is 0 Å². The predicted molar refractivity (Wildman–Crippen MR) is 70.6 cm³/mol. The summed E-state index contributed by atoms with van der Waals surface area (Å²) < 4.78 is 5.51. The molecule has 3 aliphatic heterocycles. The number of rotatable bonds is 2. The molecule has 3 atom stereocenters. The third-order valence-electron chi connectivity index (χ3n) is 4.81. The van der Waals surface area contributed by atoms with E-state index >= 15 is 0 Å². The fraction of sp³-hybridized carbons (Fsp3) is 1.00. The maximum absolute atomic E-state index is 10.0. The number of fused-ring (bicyclic) bond motifs is 1. The number of hydrogen-bond donors (Lipinski definition) is 1. The third-order valence-corrected chi connectivity index (χ3v) is 4.81. The molecule has 0 radical (unpaired) electrons. The van der Waals surface area contributed by atoms with E-state index in [-0.39, 0.29) is 6.10 Å². The van der Waals surface area contributed by atoms with Crippen LogP contribution in [0.25, 0.3) is 0 Å². The largest absolute Gasteiger partial charge is 0.393 e. The molecule has 0 aromatic carbocycles. The van der Waals surface area contributed by atoms with E-state index in [1.165, 1.54) is 45.4 Å². The first-order valence-corrected chi connectivity index (χ1v) is 7.55. The molecule has 0 bridgehead atoms. The van der Waals surface area contributed by atoms with Crippen molar-refractivity contribution < 1.29 is 9.84 Å². The molecule has 104 valence electrons. The summed E-state index contributed by atoms with van der Waals surface area (Å²) in [4.78, 5) is 5.23. The van der Waals surface area contributed by atoms with Gasteiger partial charge in [0.2, 0.25) is 0 Å². The Labute approximate surface area is 110 Å². The molecule has 0 saturated carbocycles. The van der Waals surface area contributed by atoms with Gasteiger partial charge in [0.05, 0.1) is 12.7 Å². The zero-order valence-electron chi connectivity index (χ0n) is 11.3. The smallest absolute Gasteiger partial charge is 0.0624 e. The molecule has 3 saturated heterocycles. The quantitative estimate of drug-likeness (QED) is 0.781. The van der Waals surface area contributed by atoms with Crippen LogP contribution >= 0.6 is 0 Å². The fourth-order valence-corrected chi connectivity index (χ4v) is 3.74. The summed E-state index contributed by atoms with van der Waals surface area (Å²) in [6.45, 7) is 7.45. The van der Waals surface area contributed by atoms with Gasteiger partial charge < -0.3 is 14.7 Å². The third kappa shape index (κ3) is 2.87. The highest BCUT2D eigenvalue weighted by Gasteiger charge is 2.31. The Kier molecular flexibility index (Phi) is 4.19. The average molecular weight is 254 g/mol. The minimum atomic E-state index is -0.151. The molecule has 3 aliphatic rings. The SMILES string of the molecule is OC1CCOCC1CN1CCCN2CCCC2C1.